The average molecular weight is 543 g/mol. The van der Waals surface area contributed by atoms with Crippen molar-refractivity contribution in [1.29, 1.82) is 0 Å². The van der Waals surface area contributed by atoms with Crippen LogP contribution < -0.4 is 5.32 Å². The lowest BCUT2D eigenvalue weighted by molar-refractivity contribution is 0.669. The van der Waals surface area contributed by atoms with Gasteiger partial charge in [0.2, 0.25) is 0 Å². The molecule has 1 aliphatic heterocycles. The van der Waals surface area contributed by atoms with Gasteiger partial charge in [-0.2, -0.15) is 0 Å². The molecule has 0 aliphatic carbocycles. The topological polar surface area (TPSA) is 38.1 Å². The fraction of sp³-hybridized carbons (Fsp3) is 0.103. The Kier molecular flexibility index (Phi) is 5.39. The predicted octanol–water partition coefficient (Wildman–Crippen LogP) is 10.9. The first kappa shape index (κ1) is 24.6. The zero-order valence-electron chi connectivity index (χ0n) is 24.2. The van der Waals surface area contributed by atoms with Crippen molar-refractivity contribution in [2.24, 2.45) is 0 Å². The Morgan fingerprint density at radius 1 is 0.595 bits per heavy atom. The largest absolute Gasteiger partial charge is 0.456 e. The molecule has 2 bridgehead atoms. The van der Waals surface area contributed by atoms with Crippen LogP contribution in [-0.4, -0.2) is 4.98 Å². The van der Waals surface area contributed by atoms with Crippen LogP contribution in [0.2, 0.25) is 0 Å². The number of aromatic nitrogens is 1. The maximum absolute atomic E-state index is 6.37. The van der Waals surface area contributed by atoms with Crippen molar-refractivity contribution in [2.75, 3.05) is 5.32 Å². The Morgan fingerprint density at radius 2 is 1.33 bits per heavy atom. The number of pyridine rings is 1. The van der Waals surface area contributed by atoms with E-state index in [9.17, 15) is 0 Å². The van der Waals surface area contributed by atoms with Gasteiger partial charge in [-0.3, -0.25) is 4.98 Å². The molecule has 8 rings (SSSR count). The van der Waals surface area contributed by atoms with Gasteiger partial charge in [-0.25, -0.2) is 0 Å². The van der Waals surface area contributed by atoms with Crippen LogP contribution in [0.1, 0.15) is 22.3 Å². The molecule has 0 atom stereocenters. The number of nitrogens with zero attached hydrogens (tertiary/aromatic N) is 1. The van der Waals surface area contributed by atoms with Gasteiger partial charge in [0.05, 0.1) is 5.69 Å². The SMILES string of the molecule is Cc1cc(C)c(-c2cc3c(C)c(c2)-c2c(ccc4oc5ccccc5c24)Nc2ccc(-c4ccccn4)cc2-3)c(C)c1. The first-order valence-electron chi connectivity index (χ1n) is 14.5. The minimum Gasteiger partial charge on any atom is -0.456 e. The summed E-state index contributed by atoms with van der Waals surface area (Å²) in [4.78, 5) is 4.65. The highest BCUT2D eigenvalue weighted by molar-refractivity contribution is 6.17. The van der Waals surface area contributed by atoms with E-state index in [1.165, 1.54) is 55.6 Å². The predicted molar refractivity (Wildman–Crippen MR) is 175 cm³/mol. The number of hydrogen-bond donors (Lipinski definition) is 1. The molecule has 0 spiro atoms. The minimum absolute atomic E-state index is 0.900. The molecule has 42 heavy (non-hydrogen) atoms. The lowest BCUT2D eigenvalue weighted by atomic mass is 9.83. The van der Waals surface area contributed by atoms with Crippen molar-refractivity contribution >= 4 is 33.3 Å². The van der Waals surface area contributed by atoms with Crippen molar-refractivity contribution in [3.63, 3.8) is 0 Å². The highest BCUT2D eigenvalue weighted by atomic mass is 16.3. The third-order valence-electron chi connectivity index (χ3n) is 8.73. The number of hydrogen-bond acceptors (Lipinski definition) is 3. The van der Waals surface area contributed by atoms with Gasteiger partial charge in [-0.05, 0) is 121 Å². The third-order valence-corrected chi connectivity index (χ3v) is 8.73. The lowest BCUT2D eigenvalue weighted by Crippen LogP contribution is -2.03. The summed E-state index contributed by atoms with van der Waals surface area (Å²) in [5.41, 5.74) is 18.5. The van der Waals surface area contributed by atoms with E-state index in [4.69, 9.17) is 4.42 Å². The Balaban J connectivity index is 1.50. The summed E-state index contributed by atoms with van der Waals surface area (Å²) in [6.45, 7) is 8.89. The number of para-hydroxylation sites is 1. The maximum atomic E-state index is 6.37. The quantitative estimate of drug-likeness (QED) is 0.236. The molecule has 0 amide bonds. The zero-order valence-corrected chi connectivity index (χ0v) is 24.2. The van der Waals surface area contributed by atoms with Gasteiger partial charge in [0.15, 0.2) is 0 Å². The summed E-state index contributed by atoms with van der Waals surface area (Å²) in [5, 5.41) is 6.11. The molecule has 1 N–H and O–H groups in total. The molecule has 5 aromatic carbocycles. The van der Waals surface area contributed by atoms with Gasteiger partial charge in [-0.1, -0.05) is 48.0 Å². The summed E-state index contributed by atoms with van der Waals surface area (Å²) in [6.07, 6.45) is 1.86. The van der Waals surface area contributed by atoms with Gasteiger partial charge >= 0.3 is 0 Å². The number of fused-ring (bicyclic) bond motifs is 10. The van der Waals surface area contributed by atoms with Crippen LogP contribution in [-0.2, 0) is 0 Å². The van der Waals surface area contributed by atoms with E-state index in [0.717, 1.165) is 44.6 Å². The number of furan rings is 1. The van der Waals surface area contributed by atoms with Gasteiger partial charge in [0.1, 0.15) is 11.2 Å². The minimum atomic E-state index is 0.900. The molecule has 3 nitrogen and oxygen atoms in total. The average Bonchev–Trinajstić information content (AvgIpc) is 3.37. The molecular formula is C39H30N2O. The standard InChI is InChI=1S/C39H30N2O/c1-22-17-23(2)37(24(3)18-22)27-20-29-25(4)30(21-27)38-34(14-15-36-39(38)28-9-5-6-11-35(28)42-36)41-33-13-12-26(19-31(29)33)32-10-7-8-16-40-32/h5-21,41H,1-4H3. The molecule has 0 radical (unpaired) electrons. The zero-order chi connectivity index (χ0) is 28.5. The molecular weight excluding hydrogens is 512 g/mol. The van der Waals surface area contributed by atoms with Crippen molar-refractivity contribution in [1.82, 2.24) is 4.98 Å². The van der Waals surface area contributed by atoms with Gasteiger partial charge in [0, 0.05) is 45.0 Å². The Hall–Kier alpha value is -5.15. The van der Waals surface area contributed by atoms with Gasteiger partial charge in [-0.15, -0.1) is 0 Å². The summed E-state index contributed by atoms with van der Waals surface area (Å²) < 4.78 is 6.37. The maximum Gasteiger partial charge on any atom is 0.136 e. The van der Waals surface area contributed by atoms with E-state index in [-0.39, 0.29) is 0 Å². The van der Waals surface area contributed by atoms with Crippen LogP contribution >= 0.6 is 0 Å². The van der Waals surface area contributed by atoms with Crippen molar-refractivity contribution < 1.29 is 4.42 Å². The number of aryl methyl sites for hydroxylation is 3. The molecule has 3 heterocycles. The van der Waals surface area contributed by atoms with Crippen LogP contribution in [0.4, 0.5) is 11.4 Å². The van der Waals surface area contributed by atoms with Crippen LogP contribution in [0.15, 0.2) is 108 Å². The molecule has 1 aliphatic rings. The highest BCUT2D eigenvalue weighted by Crippen LogP contribution is 2.50. The Labute approximate surface area is 245 Å². The summed E-state index contributed by atoms with van der Waals surface area (Å²) >= 11 is 0. The molecule has 0 saturated heterocycles. The molecule has 0 fully saturated rings. The summed E-state index contributed by atoms with van der Waals surface area (Å²) in [7, 11) is 0. The molecule has 0 saturated carbocycles. The Morgan fingerprint density at radius 3 is 2.14 bits per heavy atom. The summed E-state index contributed by atoms with van der Waals surface area (Å²) in [5.74, 6) is 0. The van der Waals surface area contributed by atoms with Crippen molar-refractivity contribution in [3.05, 3.63) is 126 Å². The summed E-state index contributed by atoms with van der Waals surface area (Å²) in [6, 6.07) is 34.7. The van der Waals surface area contributed by atoms with Crippen molar-refractivity contribution in [2.45, 2.75) is 27.7 Å². The van der Waals surface area contributed by atoms with E-state index < -0.39 is 0 Å². The third kappa shape index (κ3) is 3.70. The van der Waals surface area contributed by atoms with Crippen LogP contribution in [0.5, 0.6) is 0 Å². The molecule has 7 aromatic rings. The first-order chi connectivity index (χ1) is 20.5. The number of anilines is 2. The van der Waals surface area contributed by atoms with E-state index in [0.29, 0.717) is 0 Å². The molecule has 2 aromatic heterocycles. The second-order valence-corrected chi connectivity index (χ2v) is 11.5. The first-order valence-corrected chi connectivity index (χ1v) is 14.5. The van der Waals surface area contributed by atoms with E-state index in [2.05, 4.69) is 117 Å². The van der Waals surface area contributed by atoms with Crippen LogP contribution in [0.3, 0.4) is 0 Å². The van der Waals surface area contributed by atoms with E-state index in [1.807, 2.05) is 24.4 Å². The number of nitrogens with one attached hydrogen (secondary N) is 1. The molecule has 202 valence electrons. The van der Waals surface area contributed by atoms with Crippen LogP contribution in [0, 0.1) is 27.7 Å². The lowest BCUT2D eigenvalue weighted by Gasteiger charge is -2.25. The fourth-order valence-corrected chi connectivity index (χ4v) is 6.95. The smallest absolute Gasteiger partial charge is 0.136 e. The monoisotopic (exact) mass is 542 g/mol. The number of rotatable bonds is 2. The second-order valence-electron chi connectivity index (χ2n) is 11.5. The molecule has 3 heteroatoms. The molecule has 0 unspecified atom stereocenters. The number of benzene rings is 5. The normalized spacial score (nSPS) is 12.0. The second kappa shape index (κ2) is 9.19. The van der Waals surface area contributed by atoms with E-state index in [1.54, 1.807) is 0 Å². The van der Waals surface area contributed by atoms with Crippen molar-refractivity contribution in [3.8, 4) is 44.6 Å². The fourth-order valence-electron chi connectivity index (χ4n) is 6.95. The van der Waals surface area contributed by atoms with Crippen LogP contribution in [0.25, 0.3) is 66.6 Å². The van der Waals surface area contributed by atoms with Gasteiger partial charge < -0.3 is 9.73 Å². The van der Waals surface area contributed by atoms with E-state index >= 15 is 0 Å². The Bertz CT molecular complexity index is 2180. The highest BCUT2D eigenvalue weighted by Gasteiger charge is 2.25. The van der Waals surface area contributed by atoms with Gasteiger partial charge in [0.25, 0.3) is 0 Å².